The van der Waals surface area contributed by atoms with Crippen LogP contribution in [0.3, 0.4) is 0 Å². The Morgan fingerprint density at radius 3 is 0.782 bits per heavy atom. The Labute approximate surface area is 716 Å². The summed E-state index contributed by atoms with van der Waals surface area (Å²) in [5.74, 6) is 2.64. The molecule has 24 rings (SSSR count). The van der Waals surface area contributed by atoms with Gasteiger partial charge in [-0.1, -0.05) is 364 Å². The van der Waals surface area contributed by atoms with Gasteiger partial charge in [-0.15, -0.1) is 0 Å². The summed E-state index contributed by atoms with van der Waals surface area (Å²) in [7, 11) is 0. The first kappa shape index (κ1) is 72.5. The fraction of sp³-hybridized carbons (Fsp3) is 0. The van der Waals surface area contributed by atoms with Gasteiger partial charge in [0.25, 0.3) is 0 Å². The molecule has 0 unspecified atom stereocenters. The van der Waals surface area contributed by atoms with Crippen LogP contribution in [0.1, 0.15) is 0 Å². The lowest BCUT2D eigenvalue weighted by Gasteiger charge is -2.17. The van der Waals surface area contributed by atoms with Crippen molar-refractivity contribution in [1.29, 1.82) is 0 Å². The molecule has 0 spiro atoms. The van der Waals surface area contributed by atoms with E-state index in [0.29, 0.717) is 23.3 Å². The van der Waals surface area contributed by atoms with Crippen molar-refractivity contribution < 1.29 is 0 Å². The topological polar surface area (TPSA) is 84.2 Å². The second kappa shape index (κ2) is 30.9. The lowest BCUT2D eigenvalue weighted by atomic mass is 9.99. The number of aromatic nitrogens is 9. The van der Waals surface area contributed by atoms with E-state index in [4.69, 9.17) is 24.9 Å². The molecule has 0 saturated heterocycles. The fourth-order valence-corrected chi connectivity index (χ4v) is 18.4. The molecular weight excluding hydrogens is 1510 g/mol. The lowest BCUT2D eigenvalue weighted by Crippen LogP contribution is -2.00. The number of hydrogen-bond donors (Lipinski definition) is 0. The first-order chi connectivity index (χ1) is 61.5. The van der Waals surface area contributed by atoms with E-state index in [0.717, 1.165) is 106 Å². The number of nitrogens with zero attached hydrogens (tertiary/aromatic N) is 9. The zero-order valence-corrected chi connectivity index (χ0v) is 67.3. The Bertz CT molecular complexity index is 7580. The third-order valence-corrected chi connectivity index (χ3v) is 24.2. The van der Waals surface area contributed by atoms with Crippen LogP contribution in [0, 0.1) is 0 Å². The van der Waals surface area contributed by atoms with E-state index < -0.39 is 0 Å². The van der Waals surface area contributed by atoms with Gasteiger partial charge in [0.1, 0.15) is 0 Å². The largest absolute Gasteiger partial charge is 0.309 e. The predicted molar refractivity (Wildman–Crippen MR) is 514 cm³/mol. The van der Waals surface area contributed by atoms with E-state index in [1.807, 2.05) is 72.8 Å². The third kappa shape index (κ3) is 12.8. The molecule has 580 valence electrons. The van der Waals surface area contributed by atoms with Crippen molar-refractivity contribution in [2.24, 2.45) is 0 Å². The minimum absolute atomic E-state index is 0.640. The molecule has 0 bridgehead atoms. The zero-order valence-electron chi connectivity index (χ0n) is 67.3. The van der Waals surface area contributed by atoms with Crippen molar-refractivity contribution in [3.63, 3.8) is 0 Å². The van der Waals surface area contributed by atoms with Gasteiger partial charge in [-0.05, 0) is 113 Å². The highest BCUT2D eigenvalue weighted by atomic mass is 15.0. The second-order valence-electron chi connectivity index (χ2n) is 31.4. The van der Waals surface area contributed by atoms with Crippen LogP contribution in [0.25, 0.3) is 223 Å². The van der Waals surface area contributed by atoms with Crippen molar-refractivity contribution in [3.05, 3.63) is 455 Å². The maximum Gasteiger partial charge on any atom is 0.164 e. The molecule has 0 atom stereocenters. The van der Waals surface area contributed by atoms with E-state index >= 15 is 0 Å². The van der Waals surface area contributed by atoms with Gasteiger partial charge in [-0.2, -0.15) is 0 Å². The number of para-hydroxylation sites is 10. The Morgan fingerprint density at radius 1 is 0.145 bits per heavy atom. The average Bonchev–Trinajstić information content (AvgIpc) is 1.53. The van der Waals surface area contributed by atoms with E-state index in [-0.39, 0.29) is 0 Å². The summed E-state index contributed by atoms with van der Waals surface area (Å²) in [5, 5.41) is 9.79. The summed E-state index contributed by atoms with van der Waals surface area (Å²) in [4.78, 5) is 24.9. The highest BCUT2D eigenvalue weighted by molar-refractivity contribution is 6.18. The maximum atomic E-state index is 5.07. The minimum atomic E-state index is 0.640. The smallest absolute Gasteiger partial charge is 0.164 e. The molecule has 6 aromatic heterocycles. The van der Waals surface area contributed by atoms with Crippen LogP contribution in [0.5, 0.6) is 0 Å². The molecule has 124 heavy (non-hydrogen) atoms. The monoisotopic (exact) mass is 1580 g/mol. The quantitative estimate of drug-likeness (QED) is 0.108. The van der Waals surface area contributed by atoms with E-state index in [9.17, 15) is 0 Å². The van der Waals surface area contributed by atoms with Crippen LogP contribution >= 0.6 is 0 Å². The molecule has 0 aliphatic heterocycles. The van der Waals surface area contributed by atoms with Gasteiger partial charge >= 0.3 is 0 Å². The van der Waals surface area contributed by atoms with E-state index in [1.165, 1.54) is 92.9 Å². The van der Waals surface area contributed by atoms with Gasteiger partial charge in [0.05, 0.1) is 66.9 Å². The number of rotatable bonds is 14. The molecule has 24 aromatic rings. The summed E-state index contributed by atoms with van der Waals surface area (Å²) >= 11 is 0. The van der Waals surface area contributed by atoms with Crippen LogP contribution in [-0.4, -0.2) is 43.2 Å². The second-order valence-corrected chi connectivity index (χ2v) is 31.4. The molecule has 9 heteroatoms. The van der Waals surface area contributed by atoms with Gasteiger partial charge < -0.3 is 18.3 Å². The van der Waals surface area contributed by atoms with Crippen LogP contribution in [-0.2, 0) is 0 Å². The van der Waals surface area contributed by atoms with Crippen LogP contribution < -0.4 is 0 Å². The SMILES string of the molecule is c1ccc(-c2cc(-c3ccccc3)nc(-c3ccc(-c4ccc5c(c4)c4ccccc4n5-c4ccccc4-c4cccc5c6ccccc6n(-c6ccccc6)c45)cc3)n2)cc1.c1ccc(-c2nc(-c3ccccc3)nc(-c3ccc(-c4ccc5c(c4)c4ccccc4n5-c4ccccc4-c4cccc5c6ccccc6n(-c6ccccc6)c45)cc3)n2)cc1. The number of benzene rings is 18. The van der Waals surface area contributed by atoms with Crippen LogP contribution in [0.2, 0.25) is 0 Å². The van der Waals surface area contributed by atoms with Gasteiger partial charge in [0.2, 0.25) is 0 Å². The highest BCUT2D eigenvalue weighted by Gasteiger charge is 2.25. The van der Waals surface area contributed by atoms with Crippen molar-refractivity contribution in [1.82, 2.24) is 43.2 Å². The molecule has 0 aliphatic carbocycles. The average molecular weight is 1580 g/mol. The zero-order chi connectivity index (χ0) is 82.0. The van der Waals surface area contributed by atoms with Gasteiger partial charge in [0, 0.05) is 110 Å². The van der Waals surface area contributed by atoms with Crippen LogP contribution in [0.15, 0.2) is 455 Å². The summed E-state index contributed by atoms with van der Waals surface area (Å²) < 4.78 is 9.74. The number of hydrogen-bond acceptors (Lipinski definition) is 5. The molecule has 0 N–H and O–H groups in total. The van der Waals surface area contributed by atoms with Crippen molar-refractivity contribution >= 4 is 87.2 Å². The lowest BCUT2D eigenvalue weighted by molar-refractivity contribution is 1.07. The first-order valence-corrected chi connectivity index (χ1v) is 42.0. The van der Waals surface area contributed by atoms with Crippen molar-refractivity contribution in [2.45, 2.75) is 0 Å². The van der Waals surface area contributed by atoms with Crippen LogP contribution in [0.4, 0.5) is 0 Å². The van der Waals surface area contributed by atoms with E-state index in [1.54, 1.807) is 0 Å². The van der Waals surface area contributed by atoms with E-state index in [2.05, 4.69) is 400 Å². The van der Waals surface area contributed by atoms with Crippen molar-refractivity contribution in [3.8, 4) is 135 Å². The Kier molecular flexibility index (Phi) is 18.0. The molecule has 18 aromatic carbocycles. The molecule has 0 aliphatic rings. The predicted octanol–water partition coefficient (Wildman–Crippen LogP) is 29.4. The first-order valence-electron chi connectivity index (χ1n) is 42.0. The molecule has 0 amide bonds. The van der Waals surface area contributed by atoms with Gasteiger partial charge in [0.15, 0.2) is 23.3 Å². The Balaban J connectivity index is 0.000000143. The molecule has 0 radical (unpaired) electrons. The maximum absolute atomic E-state index is 5.07. The summed E-state index contributed by atoms with van der Waals surface area (Å²) in [5.41, 5.74) is 31.0. The Hall–Kier alpha value is -16.8. The fourth-order valence-electron chi connectivity index (χ4n) is 18.4. The summed E-state index contributed by atoms with van der Waals surface area (Å²) in [6, 6.07) is 162. The molecule has 9 nitrogen and oxygen atoms in total. The van der Waals surface area contributed by atoms with Gasteiger partial charge in [-0.3, -0.25) is 0 Å². The summed E-state index contributed by atoms with van der Waals surface area (Å²) in [6.07, 6.45) is 0. The Morgan fingerprint density at radius 2 is 0.403 bits per heavy atom. The number of fused-ring (bicyclic) bond motifs is 12. The minimum Gasteiger partial charge on any atom is -0.309 e. The normalized spacial score (nSPS) is 11.5. The molecular formula is C115H75N9. The van der Waals surface area contributed by atoms with Gasteiger partial charge in [-0.25, -0.2) is 24.9 Å². The third-order valence-electron chi connectivity index (χ3n) is 24.2. The standard InChI is InChI=1S/C58H38N4.C57H37N5/c1-4-17-40(18-5-1)51-38-52(41-19-6-2-7-20-41)60-58(59-51)42-33-31-39(32-34-42)43-35-36-56-50(37-43)47-25-12-15-30-55(47)62(56)54-29-14-11-24-46(54)49-27-16-26-48-45-23-10-13-28-53(45)61(57(48)49)44-21-8-3-9-22-44;1-4-17-39(18-5-1)55-58-56(40-19-6-2-7-20-40)60-57(59-55)41-33-31-38(32-34-41)42-35-36-53-49(37-42)46-25-12-15-30-52(46)62(53)51-29-14-11-24-45(51)48-27-16-26-47-44-23-10-13-28-50(44)61(54(47)48)43-21-8-3-9-22-43/h1-38H;1-37H. The summed E-state index contributed by atoms with van der Waals surface area (Å²) in [6.45, 7) is 0. The molecule has 6 heterocycles. The molecule has 0 saturated carbocycles. The highest BCUT2D eigenvalue weighted by Crippen LogP contribution is 2.47. The van der Waals surface area contributed by atoms with Crippen molar-refractivity contribution in [2.75, 3.05) is 0 Å². The molecule has 0 fully saturated rings.